The number of rotatable bonds is 5. The van der Waals surface area contributed by atoms with Crippen LogP contribution in [-0.4, -0.2) is 23.7 Å². The molecule has 4 nitrogen and oxygen atoms in total. The average Bonchev–Trinajstić information content (AvgIpc) is 2.92. The molecule has 0 aliphatic carbocycles. The first-order chi connectivity index (χ1) is 12.5. The fourth-order valence-corrected chi connectivity index (χ4v) is 4.65. The van der Waals surface area contributed by atoms with Gasteiger partial charge in [0.2, 0.25) is 0 Å². The number of ether oxygens (including phenoxy) is 1. The second-order valence-electron chi connectivity index (χ2n) is 6.06. The molecule has 0 aliphatic rings. The average molecular weight is 433 g/mol. The van der Waals surface area contributed by atoms with Crippen molar-refractivity contribution < 1.29 is 9.53 Å². The van der Waals surface area contributed by atoms with Crippen molar-refractivity contribution in [1.29, 1.82) is 0 Å². The molecule has 0 bridgehead atoms. The summed E-state index contributed by atoms with van der Waals surface area (Å²) < 4.78 is 9.52. The molecule has 0 unspecified atom stereocenters. The van der Waals surface area contributed by atoms with Crippen LogP contribution in [-0.2, 0) is 11.3 Å². The minimum absolute atomic E-state index is 0.247. The Balaban J connectivity index is 2.14. The predicted molar refractivity (Wildman–Crippen MR) is 110 cm³/mol. The highest BCUT2D eigenvalue weighted by atomic mass is 79.9. The Kier molecular flexibility index (Phi) is 6.06. The van der Waals surface area contributed by atoms with E-state index in [2.05, 4.69) is 51.5 Å². The SMILES string of the molecule is CCOCCn1c(=NC(=O)c2ccccc2Br)sc2cc(C)cc(C)c21. The normalized spacial score (nSPS) is 12.1. The molecule has 0 fully saturated rings. The molecule has 0 N–H and O–H groups in total. The van der Waals surface area contributed by atoms with E-state index in [0.717, 1.165) is 14.7 Å². The van der Waals surface area contributed by atoms with Crippen LogP contribution in [0.4, 0.5) is 0 Å². The van der Waals surface area contributed by atoms with Crippen molar-refractivity contribution in [3.8, 4) is 0 Å². The molecule has 3 rings (SSSR count). The van der Waals surface area contributed by atoms with E-state index >= 15 is 0 Å². The molecule has 6 heteroatoms. The third kappa shape index (κ3) is 3.98. The number of aromatic nitrogens is 1. The summed E-state index contributed by atoms with van der Waals surface area (Å²) in [6.07, 6.45) is 0. The number of nitrogens with zero attached hydrogens (tertiary/aromatic N) is 2. The Bertz CT molecular complexity index is 1020. The Hall–Kier alpha value is -1.76. The van der Waals surface area contributed by atoms with Gasteiger partial charge in [0.05, 0.1) is 22.4 Å². The lowest BCUT2D eigenvalue weighted by Gasteiger charge is -2.08. The van der Waals surface area contributed by atoms with Gasteiger partial charge >= 0.3 is 0 Å². The Morgan fingerprint density at radius 1 is 1.27 bits per heavy atom. The van der Waals surface area contributed by atoms with Gasteiger partial charge in [0.1, 0.15) is 0 Å². The fraction of sp³-hybridized carbons (Fsp3) is 0.300. The number of aryl methyl sites for hydroxylation is 2. The largest absolute Gasteiger partial charge is 0.380 e. The van der Waals surface area contributed by atoms with Crippen molar-refractivity contribution in [2.45, 2.75) is 27.3 Å². The smallest absolute Gasteiger partial charge is 0.280 e. The van der Waals surface area contributed by atoms with E-state index in [1.165, 1.54) is 11.1 Å². The molecule has 0 radical (unpaired) electrons. The number of fused-ring (bicyclic) bond motifs is 1. The standard InChI is InChI=1S/C20H21BrN2O2S/c1-4-25-10-9-23-18-14(3)11-13(2)12-17(18)26-20(23)22-19(24)15-7-5-6-8-16(15)21/h5-8,11-12H,4,9-10H2,1-3H3. The summed E-state index contributed by atoms with van der Waals surface area (Å²) in [4.78, 5) is 17.8. The van der Waals surface area contributed by atoms with Crippen LogP contribution in [0.2, 0.25) is 0 Å². The first-order valence-corrected chi connectivity index (χ1v) is 10.1. The van der Waals surface area contributed by atoms with Gasteiger partial charge in [0, 0.05) is 17.6 Å². The molecule has 136 valence electrons. The van der Waals surface area contributed by atoms with E-state index in [4.69, 9.17) is 4.74 Å². The van der Waals surface area contributed by atoms with Crippen molar-refractivity contribution in [2.75, 3.05) is 13.2 Å². The molecule has 1 amide bonds. The zero-order valence-electron chi connectivity index (χ0n) is 15.1. The lowest BCUT2D eigenvalue weighted by Crippen LogP contribution is -2.20. The number of halogens is 1. The monoisotopic (exact) mass is 432 g/mol. The van der Waals surface area contributed by atoms with E-state index in [0.29, 0.717) is 30.1 Å². The molecule has 0 saturated heterocycles. The zero-order chi connectivity index (χ0) is 18.7. The summed E-state index contributed by atoms with van der Waals surface area (Å²) in [5, 5.41) is 0. The molecule has 2 aromatic carbocycles. The summed E-state index contributed by atoms with van der Waals surface area (Å²) in [6.45, 7) is 8.08. The lowest BCUT2D eigenvalue weighted by atomic mass is 10.1. The second kappa shape index (κ2) is 8.29. The van der Waals surface area contributed by atoms with Gasteiger partial charge in [0.25, 0.3) is 5.91 Å². The van der Waals surface area contributed by atoms with Gasteiger partial charge in [-0.05, 0) is 66.0 Å². The summed E-state index contributed by atoms with van der Waals surface area (Å²) in [7, 11) is 0. The number of hydrogen-bond donors (Lipinski definition) is 0. The molecular weight excluding hydrogens is 412 g/mol. The molecule has 0 aliphatic heterocycles. The third-order valence-electron chi connectivity index (χ3n) is 4.08. The van der Waals surface area contributed by atoms with Crippen LogP contribution in [0.3, 0.4) is 0 Å². The van der Waals surface area contributed by atoms with E-state index in [1.807, 2.05) is 25.1 Å². The van der Waals surface area contributed by atoms with Crippen LogP contribution in [0, 0.1) is 13.8 Å². The number of carbonyl (C=O) groups is 1. The summed E-state index contributed by atoms with van der Waals surface area (Å²) >= 11 is 4.98. The molecule has 3 aromatic rings. The van der Waals surface area contributed by atoms with Gasteiger partial charge in [-0.1, -0.05) is 29.5 Å². The van der Waals surface area contributed by atoms with Gasteiger partial charge in [-0.25, -0.2) is 0 Å². The van der Waals surface area contributed by atoms with Gasteiger partial charge in [-0.2, -0.15) is 4.99 Å². The highest BCUT2D eigenvalue weighted by molar-refractivity contribution is 9.10. The van der Waals surface area contributed by atoms with Crippen LogP contribution >= 0.6 is 27.3 Å². The van der Waals surface area contributed by atoms with Crippen molar-refractivity contribution in [3.63, 3.8) is 0 Å². The van der Waals surface area contributed by atoms with Gasteiger partial charge < -0.3 is 9.30 Å². The van der Waals surface area contributed by atoms with Crippen LogP contribution in [0.25, 0.3) is 10.2 Å². The Labute approximate surface area is 165 Å². The van der Waals surface area contributed by atoms with Crippen LogP contribution < -0.4 is 4.80 Å². The first-order valence-electron chi connectivity index (χ1n) is 8.53. The van der Waals surface area contributed by atoms with E-state index < -0.39 is 0 Å². The summed E-state index contributed by atoms with van der Waals surface area (Å²) in [5.41, 5.74) is 4.08. The van der Waals surface area contributed by atoms with Crippen LogP contribution in [0.5, 0.6) is 0 Å². The maximum Gasteiger partial charge on any atom is 0.280 e. The van der Waals surface area contributed by atoms with Gasteiger partial charge in [0.15, 0.2) is 4.80 Å². The van der Waals surface area contributed by atoms with E-state index in [1.54, 1.807) is 17.4 Å². The number of benzene rings is 2. The molecular formula is C20H21BrN2O2S. The Morgan fingerprint density at radius 2 is 2.04 bits per heavy atom. The van der Waals surface area contributed by atoms with Crippen molar-refractivity contribution in [1.82, 2.24) is 4.57 Å². The third-order valence-corrected chi connectivity index (χ3v) is 5.79. The van der Waals surface area contributed by atoms with Crippen LogP contribution in [0.1, 0.15) is 28.4 Å². The maximum absolute atomic E-state index is 12.7. The Morgan fingerprint density at radius 3 is 2.77 bits per heavy atom. The first kappa shape index (κ1) is 19.0. The number of hydrogen-bond acceptors (Lipinski definition) is 3. The fourth-order valence-electron chi connectivity index (χ4n) is 2.97. The lowest BCUT2D eigenvalue weighted by molar-refractivity contribution is 0.0996. The zero-order valence-corrected chi connectivity index (χ0v) is 17.5. The minimum Gasteiger partial charge on any atom is -0.380 e. The molecule has 0 saturated carbocycles. The topological polar surface area (TPSA) is 43.6 Å². The van der Waals surface area contributed by atoms with Gasteiger partial charge in [-0.15, -0.1) is 0 Å². The number of amides is 1. The molecule has 1 aromatic heterocycles. The van der Waals surface area contributed by atoms with E-state index in [-0.39, 0.29) is 5.91 Å². The van der Waals surface area contributed by atoms with Crippen molar-refractivity contribution in [3.05, 3.63) is 62.4 Å². The molecule has 1 heterocycles. The number of thiazole rings is 1. The minimum atomic E-state index is -0.247. The summed E-state index contributed by atoms with van der Waals surface area (Å²) in [6, 6.07) is 11.7. The highest BCUT2D eigenvalue weighted by Crippen LogP contribution is 2.23. The highest BCUT2D eigenvalue weighted by Gasteiger charge is 2.13. The predicted octanol–water partition coefficient (Wildman–Crippen LogP) is 4.86. The second-order valence-corrected chi connectivity index (χ2v) is 7.92. The molecule has 0 atom stereocenters. The van der Waals surface area contributed by atoms with Crippen molar-refractivity contribution >= 4 is 43.4 Å². The number of carbonyl (C=O) groups excluding carboxylic acids is 1. The van der Waals surface area contributed by atoms with E-state index in [9.17, 15) is 4.79 Å². The molecule has 26 heavy (non-hydrogen) atoms. The van der Waals surface area contributed by atoms with Crippen molar-refractivity contribution in [2.24, 2.45) is 4.99 Å². The summed E-state index contributed by atoms with van der Waals surface area (Å²) in [5.74, 6) is -0.247. The quantitative estimate of drug-likeness (QED) is 0.540. The molecule has 0 spiro atoms. The van der Waals surface area contributed by atoms with Crippen LogP contribution in [0.15, 0.2) is 45.9 Å². The maximum atomic E-state index is 12.7. The van der Waals surface area contributed by atoms with Gasteiger partial charge in [-0.3, -0.25) is 4.79 Å².